The lowest BCUT2D eigenvalue weighted by Crippen LogP contribution is -2.40. The average molecular weight is 269 g/mol. The fraction of sp³-hybridized carbons (Fsp3) is 0.444. The number of hydrogen-bond donors (Lipinski definition) is 1. The van der Waals surface area contributed by atoms with E-state index in [1.807, 2.05) is 0 Å². The van der Waals surface area contributed by atoms with Crippen molar-refractivity contribution in [2.24, 2.45) is 0 Å². The van der Waals surface area contributed by atoms with Crippen molar-refractivity contribution in [1.82, 2.24) is 5.32 Å². The fourth-order valence-electron chi connectivity index (χ4n) is 3.27. The first-order valence-corrected chi connectivity index (χ1v) is 7.58. The zero-order valence-electron chi connectivity index (χ0n) is 12.3. The van der Waals surface area contributed by atoms with E-state index < -0.39 is 0 Å². The second-order valence-electron chi connectivity index (χ2n) is 5.94. The van der Waals surface area contributed by atoms with Crippen LogP contribution < -0.4 is 5.32 Å². The molecule has 0 bridgehead atoms. The summed E-state index contributed by atoms with van der Waals surface area (Å²) in [6.07, 6.45) is 2.94. The van der Waals surface area contributed by atoms with Crippen LogP contribution in [0.4, 0.5) is 0 Å². The first kappa shape index (κ1) is 13.6. The van der Waals surface area contributed by atoms with Crippen molar-refractivity contribution in [3.8, 4) is 0 Å². The van der Waals surface area contributed by atoms with E-state index in [0.29, 0.717) is 18.2 Å². The number of rotatable bonds is 3. The molecule has 2 aromatic rings. The zero-order valence-corrected chi connectivity index (χ0v) is 12.3. The molecular weight excluding hydrogens is 246 g/mol. The number of fused-ring (bicyclic) bond motifs is 1. The van der Waals surface area contributed by atoms with E-state index in [0.717, 1.165) is 19.4 Å². The normalized spacial score (nSPS) is 26.8. The maximum Gasteiger partial charge on any atom is 0.0565 e. The Hall–Kier alpha value is -1.38. The van der Waals surface area contributed by atoms with Crippen molar-refractivity contribution in [2.75, 3.05) is 0 Å². The van der Waals surface area contributed by atoms with Crippen LogP contribution in [0.25, 0.3) is 10.8 Å². The van der Waals surface area contributed by atoms with Gasteiger partial charge in [0.1, 0.15) is 0 Å². The summed E-state index contributed by atoms with van der Waals surface area (Å²) < 4.78 is 5.80. The molecule has 3 rings (SSSR count). The first-order valence-electron chi connectivity index (χ1n) is 7.58. The summed E-state index contributed by atoms with van der Waals surface area (Å²) in [5, 5.41) is 6.39. The minimum Gasteiger partial charge on any atom is -0.375 e. The van der Waals surface area contributed by atoms with Gasteiger partial charge in [0.25, 0.3) is 0 Å². The van der Waals surface area contributed by atoms with Gasteiger partial charge in [-0.05, 0) is 43.0 Å². The van der Waals surface area contributed by atoms with Crippen LogP contribution in [0, 0.1) is 0 Å². The van der Waals surface area contributed by atoms with Gasteiger partial charge in [0.05, 0.1) is 12.2 Å². The second kappa shape index (κ2) is 5.94. The Morgan fingerprint density at radius 2 is 1.70 bits per heavy atom. The summed E-state index contributed by atoms with van der Waals surface area (Å²) in [5.74, 6) is 0. The van der Waals surface area contributed by atoms with Crippen LogP contribution in [0.15, 0.2) is 42.5 Å². The van der Waals surface area contributed by atoms with Crippen molar-refractivity contribution >= 4 is 10.8 Å². The van der Waals surface area contributed by atoms with Crippen LogP contribution in [-0.4, -0.2) is 18.2 Å². The Morgan fingerprint density at radius 1 is 1.00 bits per heavy atom. The third-order valence-electron chi connectivity index (χ3n) is 4.16. The van der Waals surface area contributed by atoms with E-state index in [4.69, 9.17) is 4.74 Å². The van der Waals surface area contributed by atoms with Crippen LogP contribution in [0.1, 0.15) is 32.3 Å². The van der Waals surface area contributed by atoms with E-state index in [2.05, 4.69) is 61.6 Å². The predicted molar refractivity (Wildman–Crippen MR) is 83.8 cm³/mol. The van der Waals surface area contributed by atoms with Crippen LogP contribution in [-0.2, 0) is 11.3 Å². The van der Waals surface area contributed by atoms with Gasteiger partial charge in [-0.25, -0.2) is 0 Å². The SMILES string of the molecule is CC1CC(NCc2cccc3ccccc23)CC(C)O1. The molecule has 2 atom stereocenters. The van der Waals surface area contributed by atoms with E-state index in [-0.39, 0.29) is 0 Å². The second-order valence-corrected chi connectivity index (χ2v) is 5.94. The molecule has 0 amide bonds. The summed E-state index contributed by atoms with van der Waals surface area (Å²) in [6.45, 7) is 5.27. The van der Waals surface area contributed by atoms with Gasteiger partial charge in [-0.15, -0.1) is 0 Å². The standard InChI is InChI=1S/C18H23NO/c1-13-10-17(11-14(2)20-13)19-12-16-8-5-7-15-6-3-4-9-18(15)16/h3-9,13-14,17,19H,10-12H2,1-2H3. The Labute approximate surface area is 121 Å². The lowest BCUT2D eigenvalue weighted by molar-refractivity contribution is -0.0422. The maximum absolute atomic E-state index is 5.80. The summed E-state index contributed by atoms with van der Waals surface area (Å²) in [6, 6.07) is 15.7. The zero-order chi connectivity index (χ0) is 13.9. The minimum absolute atomic E-state index is 0.365. The lowest BCUT2D eigenvalue weighted by atomic mass is 9.99. The molecule has 0 spiro atoms. The molecule has 1 N–H and O–H groups in total. The summed E-state index contributed by atoms with van der Waals surface area (Å²) in [4.78, 5) is 0. The molecule has 1 heterocycles. The van der Waals surface area contributed by atoms with Gasteiger partial charge in [-0.3, -0.25) is 0 Å². The smallest absolute Gasteiger partial charge is 0.0565 e. The van der Waals surface area contributed by atoms with Crippen molar-refractivity contribution in [1.29, 1.82) is 0 Å². The third-order valence-corrected chi connectivity index (χ3v) is 4.16. The Bertz CT molecular complexity index is 565. The lowest BCUT2D eigenvalue weighted by Gasteiger charge is -2.32. The molecule has 0 radical (unpaired) electrons. The number of nitrogens with one attached hydrogen (secondary N) is 1. The van der Waals surface area contributed by atoms with Gasteiger partial charge >= 0.3 is 0 Å². The van der Waals surface area contributed by atoms with Gasteiger partial charge in [0, 0.05) is 12.6 Å². The highest BCUT2D eigenvalue weighted by atomic mass is 16.5. The van der Waals surface area contributed by atoms with Crippen molar-refractivity contribution in [2.45, 2.75) is 51.5 Å². The molecule has 20 heavy (non-hydrogen) atoms. The van der Waals surface area contributed by atoms with Crippen LogP contribution in [0.5, 0.6) is 0 Å². The predicted octanol–water partition coefficient (Wildman–Crippen LogP) is 3.89. The maximum atomic E-state index is 5.80. The molecular formula is C18H23NO. The molecule has 2 aromatic carbocycles. The fourth-order valence-corrected chi connectivity index (χ4v) is 3.27. The molecule has 2 nitrogen and oxygen atoms in total. The Kier molecular flexibility index (Phi) is 4.04. The quantitative estimate of drug-likeness (QED) is 0.913. The molecule has 1 fully saturated rings. The van der Waals surface area contributed by atoms with Crippen LogP contribution >= 0.6 is 0 Å². The van der Waals surface area contributed by atoms with Crippen molar-refractivity contribution < 1.29 is 4.74 Å². The molecule has 2 unspecified atom stereocenters. The molecule has 0 aromatic heterocycles. The highest BCUT2D eigenvalue weighted by molar-refractivity contribution is 5.85. The van der Waals surface area contributed by atoms with E-state index >= 15 is 0 Å². The summed E-state index contributed by atoms with van der Waals surface area (Å²) in [7, 11) is 0. The highest BCUT2D eigenvalue weighted by Gasteiger charge is 2.23. The number of hydrogen-bond acceptors (Lipinski definition) is 2. The average Bonchev–Trinajstić information content (AvgIpc) is 2.44. The molecule has 106 valence electrons. The molecule has 1 aliphatic rings. The van der Waals surface area contributed by atoms with Crippen LogP contribution in [0.3, 0.4) is 0 Å². The van der Waals surface area contributed by atoms with Gasteiger partial charge in [0.15, 0.2) is 0 Å². The topological polar surface area (TPSA) is 21.3 Å². The van der Waals surface area contributed by atoms with Crippen molar-refractivity contribution in [3.63, 3.8) is 0 Å². The highest BCUT2D eigenvalue weighted by Crippen LogP contribution is 2.21. The molecule has 1 saturated heterocycles. The van der Waals surface area contributed by atoms with Gasteiger partial charge in [0.2, 0.25) is 0 Å². The number of benzene rings is 2. The molecule has 1 aliphatic heterocycles. The first-order chi connectivity index (χ1) is 9.72. The van der Waals surface area contributed by atoms with Gasteiger partial charge in [-0.1, -0.05) is 42.5 Å². The largest absolute Gasteiger partial charge is 0.375 e. The van der Waals surface area contributed by atoms with Gasteiger partial charge < -0.3 is 10.1 Å². The van der Waals surface area contributed by atoms with E-state index in [9.17, 15) is 0 Å². The van der Waals surface area contributed by atoms with Crippen LogP contribution in [0.2, 0.25) is 0 Å². The molecule has 0 aliphatic carbocycles. The molecule has 0 saturated carbocycles. The number of ether oxygens (including phenoxy) is 1. The third kappa shape index (κ3) is 3.02. The monoisotopic (exact) mass is 269 g/mol. The van der Waals surface area contributed by atoms with Crippen molar-refractivity contribution in [3.05, 3.63) is 48.0 Å². The summed E-state index contributed by atoms with van der Waals surface area (Å²) in [5.41, 5.74) is 1.38. The van der Waals surface area contributed by atoms with E-state index in [1.54, 1.807) is 0 Å². The Morgan fingerprint density at radius 3 is 2.50 bits per heavy atom. The summed E-state index contributed by atoms with van der Waals surface area (Å²) >= 11 is 0. The molecule has 2 heteroatoms. The minimum atomic E-state index is 0.365. The van der Waals surface area contributed by atoms with E-state index in [1.165, 1.54) is 16.3 Å². The van der Waals surface area contributed by atoms with Gasteiger partial charge in [-0.2, -0.15) is 0 Å². The Balaban J connectivity index is 1.71.